The van der Waals surface area contributed by atoms with Crippen molar-refractivity contribution in [3.8, 4) is 0 Å². The van der Waals surface area contributed by atoms with E-state index >= 15 is 0 Å². The highest BCUT2D eigenvalue weighted by Gasteiger charge is 2.24. The zero-order chi connectivity index (χ0) is 12.3. The van der Waals surface area contributed by atoms with E-state index in [0.717, 1.165) is 10.0 Å². The van der Waals surface area contributed by atoms with Crippen LogP contribution in [-0.2, 0) is 9.59 Å². The number of carbonyl (C=O) groups is 2. The molecule has 1 aromatic carbocycles. The van der Waals surface area contributed by atoms with Gasteiger partial charge in [0.15, 0.2) is 0 Å². The minimum atomic E-state index is -1.12. The number of aliphatic carboxylic acids is 2. The lowest BCUT2D eigenvalue weighted by Crippen LogP contribution is -2.16. The standard InChI is InChI=1S/C11H11BrO4/c1-6-4-7(12)2-3-8(6)9(11(15)16)5-10(13)14/h2-4,9H,5H2,1H3,(H,13,14)(H,15,16). The molecule has 0 aliphatic carbocycles. The smallest absolute Gasteiger partial charge is 0.311 e. The zero-order valence-electron chi connectivity index (χ0n) is 8.61. The van der Waals surface area contributed by atoms with Crippen LogP contribution in [0.1, 0.15) is 23.5 Å². The average Bonchev–Trinajstić information content (AvgIpc) is 2.14. The third-order valence-electron chi connectivity index (χ3n) is 2.28. The molecule has 1 unspecified atom stereocenters. The number of hydrogen-bond donors (Lipinski definition) is 2. The van der Waals surface area contributed by atoms with Crippen LogP contribution in [0.15, 0.2) is 22.7 Å². The van der Waals surface area contributed by atoms with Gasteiger partial charge in [0.05, 0.1) is 12.3 Å². The maximum atomic E-state index is 11.0. The van der Waals surface area contributed by atoms with Gasteiger partial charge in [-0.15, -0.1) is 0 Å². The first-order valence-electron chi connectivity index (χ1n) is 4.62. The van der Waals surface area contributed by atoms with Gasteiger partial charge in [-0.25, -0.2) is 0 Å². The van der Waals surface area contributed by atoms with Crippen LogP contribution in [0.25, 0.3) is 0 Å². The van der Waals surface area contributed by atoms with Crippen molar-refractivity contribution in [1.29, 1.82) is 0 Å². The summed E-state index contributed by atoms with van der Waals surface area (Å²) in [5, 5.41) is 17.7. The predicted octanol–water partition coefficient (Wildman–Crippen LogP) is 2.40. The van der Waals surface area contributed by atoms with Gasteiger partial charge in [-0.2, -0.15) is 0 Å². The van der Waals surface area contributed by atoms with Crippen molar-refractivity contribution in [3.05, 3.63) is 33.8 Å². The van der Waals surface area contributed by atoms with Gasteiger partial charge in [0, 0.05) is 4.47 Å². The maximum Gasteiger partial charge on any atom is 0.311 e. The lowest BCUT2D eigenvalue weighted by molar-refractivity contribution is -0.145. The largest absolute Gasteiger partial charge is 0.481 e. The van der Waals surface area contributed by atoms with Crippen molar-refractivity contribution >= 4 is 27.9 Å². The molecule has 86 valence electrons. The molecule has 0 aliphatic rings. The topological polar surface area (TPSA) is 74.6 Å². The zero-order valence-corrected chi connectivity index (χ0v) is 10.2. The van der Waals surface area contributed by atoms with E-state index in [1.54, 1.807) is 25.1 Å². The van der Waals surface area contributed by atoms with Crippen molar-refractivity contribution in [2.24, 2.45) is 0 Å². The van der Waals surface area contributed by atoms with Crippen LogP contribution < -0.4 is 0 Å². The van der Waals surface area contributed by atoms with Gasteiger partial charge in [0.25, 0.3) is 0 Å². The second kappa shape index (κ2) is 5.12. The van der Waals surface area contributed by atoms with Crippen LogP contribution in [0.5, 0.6) is 0 Å². The fourth-order valence-corrected chi connectivity index (χ4v) is 2.01. The predicted molar refractivity (Wildman–Crippen MR) is 61.5 cm³/mol. The van der Waals surface area contributed by atoms with Crippen LogP contribution in [0, 0.1) is 6.92 Å². The lowest BCUT2D eigenvalue weighted by Gasteiger charge is -2.13. The summed E-state index contributed by atoms with van der Waals surface area (Å²) in [5.41, 5.74) is 1.31. The molecular formula is C11H11BrO4. The van der Waals surface area contributed by atoms with Crippen molar-refractivity contribution < 1.29 is 19.8 Å². The molecule has 0 saturated heterocycles. The minimum Gasteiger partial charge on any atom is -0.481 e. The Kier molecular flexibility index (Phi) is 4.06. The molecule has 0 radical (unpaired) electrons. The third-order valence-corrected chi connectivity index (χ3v) is 2.78. The van der Waals surface area contributed by atoms with Crippen molar-refractivity contribution in [2.75, 3.05) is 0 Å². The van der Waals surface area contributed by atoms with Gasteiger partial charge in [-0.1, -0.05) is 22.0 Å². The molecule has 1 aromatic rings. The molecule has 1 rings (SSSR count). The second-order valence-electron chi connectivity index (χ2n) is 3.49. The van der Waals surface area contributed by atoms with E-state index in [0.29, 0.717) is 5.56 Å². The monoisotopic (exact) mass is 286 g/mol. The van der Waals surface area contributed by atoms with E-state index in [1.165, 1.54) is 0 Å². The number of aryl methyl sites for hydroxylation is 1. The van der Waals surface area contributed by atoms with Gasteiger partial charge in [-0.05, 0) is 30.2 Å². The van der Waals surface area contributed by atoms with E-state index in [2.05, 4.69) is 15.9 Å². The molecule has 0 aliphatic heterocycles. The number of benzene rings is 1. The average molecular weight is 287 g/mol. The Morgan fingerprint density at radius 2 is 2.00 bits per heavy atom. The number of halogens is 1. The highest BCUT2D eigenvalue weighted by Crippen LogP contribution is 2.26. The highest BCUT2D eigenvalue weighted by atomic mass is 79.9. The maximum absolute atomic E-state index is 11.0. The van der Waals surface area contributed by atoms with Gasteiger partial charge < -0.3 is 10.2 Å². The van der Waals surface area contributed by atoms with E-state index in [-0.39, 0.29) is 0 Å². The summed E-state index contributed by atoms with van der Waals surface area (Å²) in [7, 11) is 0. The first kappa shape index (κ1) is 12.7. The van der Waals surface area contributed by atoms with Crippen LogP contribution in [0.4, 0.5) is 0 Å². The van der Waals surface area contributed by atoms with Crippen LogP contribution in [0.3, 0.4) is 0 Å². The Labute approximate surface area is 101 Å². The Morgan fingerprint density at radius 3 is 2.44 bits per heavy atom. The van der Waals surface area contributed by atoms with E-state index in [1.807, 2.05) is 0 Å². The summed E-state index contributed by atoms with van der Waals surface area (Å²) in [6, 6.07) is 5.12. The van der Waals surface area contributed by atoms with Crippen molar-refractivity contribution in [1.82, 2.24) is 0 Å². The number of carboxylic acids is 2. The van der Waals surface area contributed by atoms with Gasteiger partial charge >= 0.3 is 11.9 Å². The summed E-state index contributed by atoms with van der Waals surface area (Å²) < 4.78 is 0.841. The first-order valence-corrected chi connectivity index (χ1v) is 5.41. The van der Waals surface area contributed by atoms with Gasteiger partial charge in [0.2, 0.25) is 0 Å². The number of rotatable bonds is 4. The molecule has 5 heteroatoms. The van der Waals surface area contributed by atoms with Crippen molar-refractivity contribution in [2.45, 2.75) is 19.3 Å². The highest BCUT2D eigenvalue weighted by molar-refractivity contribution is 9.10. The van der Waals surface area contributed by atoms with Crippen molar-refractivity contribution in [3.63, 3.8) is 0 Å². The van der Waals surface area contributed by atoms with Gasteiger partial charge in [-0.3, -0.25) is 9.59 Å². The molecule has 4 nitrogen and oxygen atoms in total. The molecule has 0 fully saturated rings. The van der Waals surface area contributed by atoms with Crippen LogP contribution in [-0.4, -0.2) is 22.2 Å². The Hall–Kier alpha value is -1.36. The second-order valence-corrected chi connectivity index (χ2v) is 4.41. The lowest BCUT2D eigenvalue weighted by atomic mass is 9.92. The number of hydrogen-bond acceptors (Lipinski definition) is 2. The quantitative estimate of drug-likeness (QED) is 0.891. The fraction of sp³-hybridized carbons (Fsp3) is 0.273. The molecule has 1 atom stereocenters. The fourth-order valence-electron chi connectivity index (χ4n) is 1.54. The molecule has 0 amide bonds. The summed E-state index contributed by atoms with van der Waals surface area (Å²) in [6.07, 6.45) is -0.405. The van der Waals surface area contributed by atoms with Crippen LogP contribution in [0.2, 0.25) is 0 Å². The molecular weight excluding hydrogens is 276 g/mol. The van der Waals surface area contributed by atoms with E-state index in [4.69, 9.17) is 10.2 Å². The molecule has 0 saturated carbocycles. The molecule has 2 N–H and O–H groups in total. The summed E-state index contributed by atoms with van der Waals surface area (Å²) in [6.45, 7) is 1.76. The summed E-state index contributed by atoms with van der Waals surface area (Å²) >= 11 is 3.27. The van der Waals surface area contributed by atoms with Gasteiger partial charge in [0.1, 0.15) is 0 Å². The van der Waals surface area contributed by atoms with E-state index < -0.39 is 24.3 Å². The summed E-state index contributed by atoms with van der Waals surface area (Å²) in [5.74, 6) is -3.23. The Bertz CT molecular complexity index is 428. The molecule has 0 heterocycles. The molecule has 0 spiro atoms. The summed E-state index contributed by atoms with van der Waals surface area (Å²) in [4.78, 5) is 21.6. The SMILES string of the molecule is Cc1cc(Br)ccc1C(CC(=O)O)C(=O)O. The molecule has 0 bridgehead atoms. The first-order chi connectivity index (χ1) is 7.41. The molecule has 16 heavy (non-hydrogen) atoms. The third kappa shape index (κ3) is 3.06. The Balaban J connectivity index is 3.10. The number of carboxylic acid groups (broad SMARTS) is 2. The van der Waals surface area contributed by atoms with E-state index in [9.17, 15) is 9.59 Å². The normalized spacial score (nSPS) is 12.1. The molecule has 0 aromatic heterocycles. The minimum absolute atomic E-state index is 0.405. The van der Waals surface area contributed by atoms with Crippen LogP contribution >= 0.6 is 15.9 Å². The Morgan fingerprint density at radius 1 is 1.38 bits per heavy atom.